The van der Waals surface area contributed by atoms with Crippen LogP contribution in [0.2, 0.25) is 0 Å². The van der Waals surface area contributed by atoms with Gasteiger partial charge in [-0.25, -0.2) is 0 Å². The van der Waals surface area contributed by atoms with E-state index in [0.29, 0.717) is 6.54 Å². The van der Waals surface area contributed by atoms with Gasteiger partial charge in [-0.3, -0.25) is 9.11 Å². The second-order valence-electron chi connectivity index (χ2n) is 8.25. The zero-order chi connectivity index (χ0) is 21.5. The molecule has 0 aliphatic carbocycles. The summed E-state index contributed by atoms with van der Waals surface area (Å²) in [6, 6.07) is 0. The molecule has 0 rings (SSSR count). The Balaban J connectivity index is 4.00. The SMILES string of the molecule is CCCCCCCCCCCCCC[N+](C)(CCS(=O)(=O)O)CCS(=O)(=O)O. The summed E-state index contributed by atoms with van der Waals surface area (Å²) < 4.78 is 62.3. The molecule has 0 heterocycles. The maximum absolute atomic E-state index is 11.0. The second-order valence-corrected chi connectivity index (χ2v) is 11.4. The van der Waals surface area contributed by atoms with Crippen molar-refractivity contribution in [2.45, 2.75) is 84.0 Å². The van der Waals surface area contributed by atoms with Gasteiger partial charge >= 0.3 is 0 Å². The zero-order valence-corrected chi connectivity index (χ0v) is 19.4. The van der Waals surface area contributed by atoms with E-state index in [9.17, 15) is 16.8 Å². The molecule has 0 aliphatic rings. The molecular weight excluding hydrogens is 402 g/mol. The van der Waals surface area contributed by atoms with Crippen LogP contribution in [0, 0.1) is 0 Å². The van der Waals surface area contributed by atoms with Crippen LogP contribution in [0.5, 0.6) is 0 Å². The molecule has 0 amide bonds. The lowest BCUT2D eigenvalue weighted by atomic mass is 10.1. The van der Waals surface area contributed by atoms with E-state index >= 15 is 0 Å². The van der Waals surface area contributed by atoms with Crippen LogP contribution in [0.15, 0.2) is 0 Å². The number of nitrogens with zero attached hydrogens (tertiary/aromatic N) is 1. The highest BCUT2D eigenvalue weighted by atomic mass is 32.2. The van der Waals surface area contributed by atoms with Crippen LogP contribution < -0.4 is 0 Å². The van der Waals surface area contributed by atoms with Gasteiger partial charge < -0.3 is 4.48 Å². The van der Waals surface area contributed by atoms with Crippen molar-refractivity contribution in [1.82, 2.24) is 0 Å². The lowest BCUT2D eigenvalue weighted by Crippen LogP contribution is -2.50. The maximum Gasteiger partial charge on any atom is 0.270 e. The molecule has 0 saturated carbocycles. The molecular formula is C19H42NO6S2+. The molecule has 0 aromatic heterocycles. The van der Waals surface area contributed by atoms with Gasteiger partial charge in [-0.05, 0) is 12.8 Å². The minimum absolute atomic E-state index is 0.131. The van der Waals surface area contributed by atoms with Crippen LogP contribution >= 0.6 is 0 Å². The van der Waals surface area contributed by atoms with Crippen molar-refractivity contribution in [2.75, 3.05) is 38.2 Å². The molecule has 0 unspecified atom stereocenters. The normalized spacial score (nSPS) is 13.1. The van der Waals surface area contributed by atoms with E-state index in [0.717, 1.165) is 19.3 Å². The average Bonchev–Trinajstić information content (AvgIpc) is 2.58. The largest absolute Gasteiger partial charge is 0.324 e. The van der Waals surface area contributed by atoms with Crippen LogP contribution in [-0.2, 0) is 20.2 Å². The minimum Gasteiger partial charge on any atom is -0.324 e. The Bertz CT molecular complexity index is 554. The quantitative estimate of drug-likeness (QED) is 0.178. The van der Waals surface area contributed by atoms with Crippen molar-refractivity contribution < 1.29 is 30.4 Å². The molecule has 0 spiro atoms. The molecule has 7 nitrogen and oxygen atoms in total. The molecule has 170 valence electrons. The van der Waals surface area contributed by atoms with Gasteiger partial charge in [0.1, 0.15) is 11.5 Å². The molecule has 9 heteroatoms. The van der Waals surface area contributed by atoms with Crippen LogP contribution in [0.4, 0.5) is 0 Å². The van der Waals surface area contributed by atoms with E-state index in [1.165, 1.54) is 57.8 Å². The Kier molecular flexibility index (Phi) is 14.6. The fourth-order valence-corrected chi connectivity index (χ4v) is 4.68. The molecule has 0 saturated heterocycles. The Hall–Kier alpha value is -0.220. The monoisotopic (exact) mass is 444 g/mol. The summed E-state index contributed by atoms with van der Waals surface area (Å²) in [6.07, 6.45) is 14.7. The fraction of sp³-hybridized carbons (Fsp3) is 1.00. The third-order valence-corrected chi connectivity index (χ3v) is 6.73. The van der Waals surface area contributed by atoms with Gasteiger partial charge in [0.2, 0.25) is 0 Å². The summed E-state index contributed by atoms with van der Waals surface area (Å²) in [5.74, 6) is -0.819. The molecule has 0 radical (unpaired) electrons. The predicted octanol–water partition coefficient (Wildman–Crippen LogP) is 3.91. The zero-order valence-electron chi connectivity index (χ0n) is 17.8. The Morgan fingerprint density at radius 1 is 0.571 bits per heavy atom. The summed E-state index contributed by atoms with van der Waals surface area (Å²) in [5.41, 5.74) is 0. The van der Waals surface area contributed by atoms with Gasteiger partial charge in [0.25, 0.3) is 20.2 Å². The fourth-order valence-electron chi connectivity index (χ4n) is 3.34. The Morgan fingerprint density at radius 3 is 1.21 bits per heavy atom. The van der Waals surface area contributed by atoms with Crippen molar-refractivity contribution >= 4 is 20.2 Å². The first-order valence-electron chi connectivity index (χ1n) is 10.7. The van der Waals surface area contributed by atoms with Gasteiger partial charge in [0.15, 0.2) is 0 Å². The van der Waals surface area contributed by atoms with E-state index in [1.807, 2.05) is 0 Å². The maximum atomic E-state index is 11.0. The third kappa shape index (κ3) is 19.1. The average molecular weight is 445 g/mol. The Morgan fingerprint density at radius 2 is 0.893 bits per heavy atom. The smallest absolute Gasteiger partial charge is 0.270 e. The molecule has 0 aliphatic heterocycles. The van der Waals surface area contributed by atoms with E-state index in [-0.39, 0.29) is 17.6 Å². The first-order chi connectivity index (χ1) is 13.0. The lowest BCUT2D eigenvalue weighted by molar-refractivity contribution is -0.905. The summed E-state index contributed by atoms with van der Waals surface area (Å²) in [6.45, 7) is 3.12. The van der Waals surface area contributed by atoms with Crippen molar-refractivity contribution in [1.29, 1.82) is 0 Å². The lowest BCUT2D eigenvalue weighted by Gasteiger charge is -2.34. The number of unbranched alkanes of at least 4 members (excludes halogenated alkanes) is 11. The van der Waals surface area contributed by atoms with Gasteiger partial charge in [0.05, 0.1) is 26.7 Å². The van der Waals surface area contributed by atoms with E-state index < -0.39 is 31.7 Å². The van der Waals surface area contributed by atoms with Gasteiger partial charge in [-0.2, -0.15) is 16.8 Å². The molecule has 2 N–H and O–H groups in total. The minimum atomic E-state index is -4.09. The highest BCUT2D eigenvalue weighted by molar-refractivity contribution is 7.86. The Labute approximate surface area is 173 Å². The first kappa shape index (κ1) is 27.8. The van der Waals surface area contributed by atoms with E-state index in [1.54, 1.807) is 7.05 Å². The number of quaternary nitrogens is 1. The first-order valence-corrected chi connectivity index (χ1v) is 13.9. The van der Waals surface area contributed by atoms with Crippen LogP contribution in [0.1, 0.15) is 84.0 Å². The standard InChI is InChI=1S/C19H41NO6S2/c1-3-4-5-6-7-8-9-10-11-12-13-14-15-20(2,16-18-27(21,22)23)17-19-28(24,25)26/h3-19H2,1-2H3,(H-,21,22,23,24,25,26)/p+1. The van der Waals surface area contributed by atoms with Gasteiger partial charge in [-0.15, -0.1) is 0 Å². The van der Waals surface area contributed by atoms with E-state index in [4.69, 9.17) is 9.11 Å². The van der Waals surface area contributed by atoms with Crippen molar-refractivity contribution in [2.24, 2.45) is 0 Å². The van der Waals surface area contributed by atoms with Crippen LogP contribution in [-0.4, -0.2) is 68.6 Å². The summed E-state index contributed by atoms with van der Waals surface area (Å²) in [4.78, 5) is 0. The molecule has 0 bridgehead atoms. The second kappa shape index (κ2) is 14.7. The topological polar surface area (TPSA) is 109 Å². The van der Waals surface area contributed by atoms with Crippen LogP contribution in [0.3, 0.4) is 0 Å². The van der Waals surface area contributed by atoms with Gasteiger partial charge in [0, 0.05) is 0 Å². The molecule has 0 fully saturated rings. The highest BCUT2D eigenvalue weighted by Crippen LogP contribution is 2.14. The van der Waals surface area contributed by atoms with Crippen molar-refractivity contribution in [3.8, 4) is 0 Å². The molecule has 0 aromatic carbocycles. The number of hydrogen-bond acceptors (Lipinski definition) is 4. The predicted molar refractivity (Wildman–Crippen MR) is 115 cm³/mol. The number of hydrogen-bond donors (Lipinski definition) is 2. The summed E-state index contributed by atoms with van der Waals surface area (Å²) in [5, 5.41) is 0. The van der Waals surface area contributed by atoms with Crippen molar-refractivity contribution in [3.05, 3.63) is 0 Å². The molecule has 0 atom stereocenters. The van der Waals surface area contributed by atoms with Gasteiger partial charge in [-0.1, -0.05) is 71.1 Å². The summed E-state index contributed by atoms with van der Waals surface area (Å²) >= 11 is 0. The van der Waals surface area contributed by atoms with E-state index in [2.05, 4.69) is 6.92 Å². The number of rotatable bonds is 19. The third-order valence-electron chi connectivity index (χ3n) is 5.33. The van der Waals surface area contributed by atoms with Crippen LogP contribution in [0.25, 0.3) is 0 Å². The molecule has 0 aromatic rings. The molecule has 28 heavy (non-hydrogen) atoms. The highest BCUT2D eigenvalue weighted by Gasteiger charge is 2.26. The van der Waals surface area contributed by atoms with Crippen molar-refractivity contribution in [3.63, 3.8) is 0 Å². The summed E-state index contributed by atoms with van der Waals surface area (Å²) in [7, 11) is -6.42.